The van der Waals surface area contributed by atoms with Gasteiger partial charge in [0.15, 0.2) is 12.5 Å². The highest BCUT2D eigenvalue weighted by Gasteiger charge is 2.47. The third-order valence-corrected chi connectivity index (χ3v) is 8.26. The zero-order chi connectivity index (χ0) is 27.0. The highest BCUT2D eigenvalue weighted by atomic mass is 32.1. The zero-order valence-corrected chi connectivity index (χ0v) is 20.5. The first-order chi connectivity index (χ1) is 16.7. The van der Waals surface area contributed by atoms with Crippen LogP contribution in [0.1, 0.15) is 6.23 Å². The Kier molecular flexibility index (Phi) is 9.36. The van der Waals surface area contributed by atoms with Crippen molar-refractivity contribution in [3.8, 4) is 0 Å². The molecule has 206 valence electrons. The molecule has 5 unspecified atom stereocenters. The van der Waals surface area contributed by atoms with E-state index in [-0.39, 0.29) is 0 Å². The molecule has 1 aromatic heterocycles. The molecule has 0 spiro atoms. The molecule has 0 aromatic carbocycles. The predicted octanol–water partition coefficient (Wildman–Crippen LogP) is -4.49. The Morgan fingerprint density at radius 2 is 1.72 bits per heavy atom. The molecule has 21 heteroatoms. The van der Waals surface area contributed by atoms with Crippen LogP contribution in [0.25, 0.3) is 0 Å². The molecule has 2 fully saturated rings. The van der Waals surface area contributed by atoms with Gasteiger partial charge in [-0.05, 0) is 0 Å². The van der Waals surface area contributed by atoms with Crippen LogP contribution < -0.4 is 16.1 Å². The lowest BCUT2D eigenvalue weighted by atomic mass is 10.0. The Labute approximate surface area is 206 Å². The average Bonchev–Trinajstić information content (AvgIpc) is 3.06. The second-order valence-corrected chi connectivity index (χ2v) is 11.2. The minimum atomic E-state index is -5.73. The van der Waals surface area contributed by atoms with Crippen LogP contribution >= 0.6 is 28.3 Å². The zero-order valence-electron chi connectivity index (χ0n) is 17.8. The second kappa shape index (κ2) is 11.4. The van der Waals surface area contributed by atoms with E-state index in [1.165, 1.54) is 0 Å². The first-order valence-corrected chi connectivity index (χ1v) is 13.4. The lowest BCUT2D eigenvalue weighted by Gasteiger charge is -2.41. The van der Waals surface area contributed by atoms with E-state index in [4.69, 9.17) is 14.6 Å². The van der Waals surface area contributed by atoms with E-state index in [2.05, 4.69) is 26.0 Å². The van der Waals surface area contributed by atoms with Crippen LogP contribution in [0.3, 0.4) is 0 Å². The Balaban J connectivity index is 1.61. The van der Waals surface area contributed by atoms with Crippen molar-refractivity contribution < 1.29 is 67.3 Å². The quantitative estimate of drug-likeness (QED) is 0.101. The van der Waals surface area contributed by atoms with Gasteiger partial charge in [-0.3, -0.25) is 28.0 Å². The number of hydrogen-bond donors (Lipinski definition) is 8. The van der Waals surface area contributed by atoms with Crippen LogP contribution in [0.2, 0.25) is 0 Å². The van der Waals surface area contributed by atoms with Gasteiger partial charge in [-0.15, -0.1) is 0 Å². The molecule has 0 saturated carbocycles. The molecule has 7 N–H and O–H groups in total. The van der Waals surface area contributed by atoms with Gasteiger partial charge in [0.05, 0.1) is 24.6 Å². The predicted molar refractivity (Wildman–Crippen MR) is 113 cm³/mol. The van der Waals surface area contributed by atoms with E-state index in [9.17, 15) is 48.9 Å². The van der Waals surface area contributed by atoms with Crippen molar-refractivity contribution in [3.05, 3.63) is 33.1 Å². The third kappa shape index (κ3) is 6.71. The maximum absolute atomic E-state index is 12.2. The summed E-state index contributed by atoms with van der Waals surface area (Å²) in [5.41, 5.74) is -1.73. The van der Waals surface area contributed by atoms with Gasteiger partial charge in [0.1, 0.15) is 30.5 Å². The molecule has 18 nitrogen and oxygen atoms in total. The molecule has 3 rings (SSSR count). The Hall–Kier alpha value is -0.990. The minimum absolute atomic E-state index is 0.729. The van der Waals surface area contributed by atoms with Crippen molar-refractivity contribution in [3.63, 3.8) is 0 Å². The number of H-pyrrole nitrogens is 1. The number of aliphatic hydroxyl groups excluding tert-OH is 5. The number of phosphoric ester groups is 2. The molecule has 2 saturated heterocycles. The molecular formula is C15H23N2O16P2S-. The van der Waals surface area contributed by atoms with Gasteiger partial charge in [-0.25, -0.2) is 13.7 Å². The van der Waals surface area contributed by atoms with Crippen LogP contribution in [-0.4, -0.2) is 101 Å². The summed E-state index contributed by atoms with van der Waals surface area (Å²) < 4.78 is 48.2. The maximum atomic E-state index is 12.2. The van der Waals surface area contributed by atoms with E-state index >= 15 is 0 Å². The fourth-order valence-electron chi connectivity index (χ4n) is 3.34. The van der Waals surface area contributed by atoms with Gasteiger partial charge in [-0.2, -0.15) is 12.6 Å². The fourth-order valence-corrected chi connectivity index (χ4v) is 5.87. The standard InChI is InChI=1S/C15H24N2O16P2S/c18-3-5-8(20)10(22)12(36)14(31-5)32-35(27,28)33-34(25,26)29-4-6-9(21)11(23)13(30-6)17-2-1-7(19)16-15(17)24/h1-2,5-6,8-14,18,20-23,36H,3-4H2,(H,25,26)(H,27,28)(H,16,19,24)/p-1/t5?,6-,8-,9+,10+,11?,12?,13-,14-/m1/s1. The fraction of sp³-hybridized carbons (Fsp3) is 0.733. The van der Waals surface area contributed by atoms with E-state index in [1.807, 2.05) is 4.98 Å². The van der Waals surface area contributed by atoms with Crippen molar-refractivity contribution in [2.45, 2.75) is 54.4 Å². The summed E-state index contributed by atoms with van der Waals surface area (Å²) in [7, 11) is -11.2. The number of ether oxygens (including phenoxy) is 2. The molecule has 2 aliphatic rings. The molecule has 11 atom stereocenters. The number of aliphatic hydroxyl groups is 5. The Morgan fingerprint density at radius 1 is 1.08 bits per heavy atom. The van der Waals surface area contributed by atoms with Gasteiger partial charge < -0.3 is 44.8 Å². The molecule has 0 amide bonds. The van der Waals surface area contributed by atoms with Crippen LogP contribution in [0, 0.1) is 0 Å². The van der Waals surface area contributed by atoms with Gasteiger partial charge in [0, 0.05) is 12.3 Å². The average molecular weight is 581 g/mol. The van der Waals surface area contributed by atoms with Gasteiger partial charge in [0.2, 0.25) is 0 Å². The summed E-state index contributed by atoms with van der Waals surface area (Å²) in [5.74, 6) is 0. The number of rotatable bonds is 9. The largest absolute Gasteiger partial charge is 0.756 e. The second-order valence-electron chi connectivity index (χ2n) is 7.66. The van der Waals surface area contributed by atoms with Crippen molar-refractivity contribution >= 4 is 28.3 Å². The van der Waals surface area contributed by atoms with Crippen LogP contribution in [0.4, 0.5) is 0 Å². The Morgan fingerprint density at radius 3 is 2.33 bits per heavy atom. The summed E-state index contributed by atoms with van der Waals surface area (Å²) in [6.07, 6.45) is -12.4. The topological polar surface area (TPSA) is 280 Å². The van der Waals surface area contributed by atoms with E-state index in [0.717, 1.165) is 16.8 Å². The smallest absolute Gasteiger partial charge is 0.478 e. The van der Waals surface area contributed by atoms with E-state index in [1.54, 1.807) is 0 Å². The molecule has 0 bridgehead atoms. The van der Waals surface area contributed by atoms with Gasteiger partial charge >= 0.3 is 13.5 Å². The molecule has 0 aliphatic carbocycles. The van der Waals surface area contributed by atoms with Crippen molar-refractivity contribution in [1.82, 2.24) is 9.55 Å². The lowest BCUT2D eigenvalue weighted by molar-refractivity contribution is -0.268. The van der Waals surface area contributed by atoms with Gasteiger partial charge in [-0.1, -0.05) is 0 Å². The number of aromatic amines is 1. The molecule has 1 aromatic rings. The Bertz CT molecular complexity index is 1130. The van der Waals surface area contributed by atoms with E-state index in [0.29, 0.717) is 0 Å². The highest BCUT2D eigenvalue weighted by molar-refractivity contribution is 7.81. The summed E-state index contributed by atoms with van der Waals surface area (Å²) in [4.78, 5) is 46.9. The number of phosphoric acid groups is 2. The number of hydrogen-bond acceptors (Lipinski definition) is 16. The SMILES string of the molecule is O=c1ccn([C@@H]2O[C@H](COP(=O)(O)OP(=O)([O-])O[C@H]3OC(CO)[C@@H](O)[C@H](O)C3S)[C@H](O)C2O)c(=O)[nH]1. The number of thiol groups is 1. The number of aromatic nitrogens is 2. The van der Waals surface area contributed by atoms with Crippen LogP contribution in [0.15, 0.2) is 21.9 Å². The molecule has 2 aliphatic heterocycles. The monoisotopic (exact) mass is 581 g/mol. The normalized spacial score (nSPS) is 38.4. The first-order valence-electron chi connectivity index (χ1n) is 9.97. The first kappa shape index (κ1) is 29.6. The van der Waals surface area contributed by atoms with Crippen molar-refractivity contribution in [1.29, 1.82) is 0 Å². The minimum Gasteiger partial charge on any atom is -0.756 e. The molecule has 36 heavy (non-hydrogen) atoms. The third-order valence-electron chi connectivity index (χ3n) is 5.15. The molecular weight excluding hydrogens is 558 g/mol. The van der Waals surface area contributed by atoms with Gasteiger partial charge in [0.25, 0.3) is 13.4 Å². The summed E-state index contributed by atoms with van der Waals surface area (Å²) in [6.45, 7) is -1.86. The number of nitrogens with zero attached hydrogens (tertiary/aromatic N) is 1. The highest BCUT2D eigenvalue weighted by Crippen LogP contribution is 2.59. The maximum Gasteiger partial charge on any atom is 0.478 e. The summed E-state index contributed by atoms with van der Waals surface area (Å²) >= 11 is 3.85. The molecule has 0 radical (unpaired) electrons. The van der Waals surface area contributed by atoms with E-state index < -0.39 is 94.5 Å². The van der Waals surface area contributed by atoms with Crippen molar-refractivity contribution in [2.24, 2.45) is 0 Å². The van der Waals surface area contributed by atoms with Crippen LogP contribution in [0.5, 0.6) is 0 Å². The van der Waals surface area contributed by atoms with Crippen molar-refractivity contribution in [2.75, 3.05) is 13.2 Å². The molecule has 3 heterocycles. The van der Waals surface area contributed by atoms with Crippen LogP contribution in [-0.2, 0) is 32.0 Å². The lowest BCUT2D eigenvalue weighted by Crippen LogP contribution is -2.57. The summed E-state index contributed by atoms with van der Waals surface area (Å²) in [6, 6.07) is 0.934. The number of nitrogens with one attached hydrogen (secondary N) is 1. The summed E-state index contributed by atoms with van der Waals surface area (Å²) in [5, 5.41) is 47.6.